The molecule has 0 saturated carbocycles. The van der Waals surface area contributed by atoms with Crippen molar-refractivity contribution in [2.24, 2.45) is 7.05 Å². The quantitative estimate of drug-likeness (QED) is 0.724. The highest BCUT2D eigenvalue weighted by Crippen LogP contribution is 2.18. The first-order chi connectivity index (χ1) is 8.20. The number of nitrogens with zero attached hydrogens (tertiary/aromatic N) is 4. The zero-order valence-corrected chi connectivity index (χ0v) is 9.62. The minimum atomic E-state index is -0.0875. The van der Waals surface area contributed by atoms with E-state index in [1.807, 2.05) is 6.07 Å². The maximum absolute atomic E-state index is 12.0. The summed E-state index contributed by atoms with van der Waals surface area (Å²) >= 11 is 0. The highest BCUT2D eigenvalue weighted by molar-refractivity contribution is 5.99. The third-order valence-electron chi connectivity index (χ3n) is 2.28. The minimum absolute atomic E-state index is 0.0875. The Bertz CT molecular complexity index is 536. The second-order valence-electron chi connectivity index (χ2n) is 3.50. The van der Waals surface area contributed by atoms with Crippen LogP contribution in [-0.2, 0) is 13.5 Å². The lowest BCUT2D eigenvalue weighted by molar-refractivity contribution is 0.0988. The fourth-order valence-corrected chi connectivity index (χ4v) is 1.51. The van der Waals surface area contributed by atoms with Crippen molar-refractivity contribution in [2.75, 3.05) is 7.11 Å². The van der Waals surface area contributed by atoms with Gasteiger partial charge < -0.3 is 4.74 Å². The first kappa shape index (κ1) is 11.3. The summed E-state index contributed by atoms with van der Waals surface area (Å²) in [5.41, 5.74) is 0.530. The van der Waals surface area contributed by atoms with Gasteiger partial charge in [-0.25, -0.2) is 0 Å². The van der Waals surface area contributed by atoms with E-state index in [0.717, 1.165) is 0 Å². The standard InChI is InChI=1S/C11H12N4O2/c1-15-13-11(12-14-15)7-9(16)8-5-3-4-6-10(8)17-2/h3-6H,7H2,1-2H3. The van der Waals surface area contributed by atoms with E-state index in [9.17, 15) is 4.79 Å². The Kier molecular flexibility index (Phi) is 3.13. The van der Waals surface area contributed by atoms with Crippen LogP contribution in [0.25, 0.3) is 0 Å². The molecule has 1 aromatic heterocycles. The van der Waals surface area contributed by atoms with Crippen LogP contribution >= 0.6 is 0 Å². The molecule has 17 heavy (non-hydrogen) atoms. The van der Waals surface area contributed by atoms with E-state index >= 15 is 0 Å². The average molecular weight is 232 g/mol. The third kappa shape index (κ3) is 2.47. The van der Waals surface area contributed by atoms with Gasteiger partial charge >= 0.3 is 0 Å². The zero-order valence-electron chi connectivity index (χ0n) is 9.62. The molecule has 0 fully saturated rings. The number of tetrazole rings is 1. The lowest BCUT2D eigenvalue weighted by Gasteiger charge is -2.05. The molecule has 6 nitrogen and oxygen atoms in total. The van der Waals surface area contributed by atoms with Crippen LogP contribution < -0.4 is 4.74 Å². The van der Waals surface area contributed by atoms with Gasteiger partial charge in [0.1, 0.15) is 5.75 Å². The van der Waals surface area contributed by atoms with Crippen molar-refractivity contribution in [3.05, 3.63) is 35.7 Å². The van der Waals surface area contributed by atoms with Gasteiger partial charge in [-0.1, -0.05) is 12.1 Å². The molecule has 2 rings (SSSR count). The first-order valence-corrected chi connectivity index (χ1v) is 5.10. The Morgan fingerprint density at radius 1 is 1.41 bits per heavy atom. The molecule has 0 aliphatic heterocycles. The lowest BCUT2D eigenvalue weighted by atomic mass is 10.1. The lowest BCUT2D eigenvalue weighted by Crippen LogP contribution is -2.07. The predicted octanol–water partition coefficient (Wildman–Crippen LogP) is 0.644. The summed E-state index contributed by atoms with van der Waals surface area (Å²) in [5, 5.41) is 11.4. The Balaban J connectivity index is 2.20. The number of ether oxygens (including phenoxy) is 1. The number of aryl methyl sites for hydroxylation is 1. The summed E-state index contributed by atoms with van der Waals surface area (Å²) in [6.45, 7) is 0. The molecular formula is C11H12N4O2. The van der Waals surface area contributed by atoms with Crippen LogP contribution in [0.5, 0.6) is 5.75 Å². The molecule has 0 spiro atoms. The Morgan fingerprint density at radius 2 is 2.18 bits per heavy atom. The molecule has 0 N–H and O–H groups in total. The molecule has 1 heterocycles. The smallest absolute Gasteiger partial charge is 0.182 e. The van der Waals surface area contributed by atoms with Crippen molar-refractivity contribution in [3.8, 4) is 5.75 Å². The van der Waals surface area contributed by atoms with E-state index in [0.29, 0.717) is 17.1 Å². The largest absolute Gasteiger partial charge is 0.496 e. The average Bonchev–Trinajstić information content (AvgIpc) is 2.74. The van der Waals surface area contributed by atoms with E-state index in [1.165, 1.54) is 11.9 Å². The van der Waals surface area contributed by atoms with Gasteiger partial charge in [-0.3, -0.25) is 4.79 Å². The van der Waals surface area contributed by atoms with Crippen molar-refractivity contribution < 1.29 is 9.53 Å². The van der Waals surface area contributed by atoms with Crippen LogP contribution in [0.3, 0.4) is 0 Å². The normalized spacial score (nSPS) is 10.2. The highest BCUT2D eigenvalue weighted by atomic mass is 16.5. The van der Waals surface area contributed by atoms with E-state index in [4.69, 9.17) is 4.74 Å². The van der Waals surface area contributed by atoms with Crippen LogP contribution in [0.1, 0.15) is 16.2 Å². The summed E-state index contributed by atoms with van der Waals surface area (Å²) < 4.78 is 5.13. The van der Waals surface area contributed by atoms with Crippen LogP contribution in [0, 0.1) is 0 Å². The van der Waals surface area contributed by atoms with Crippen molar-refractivity contribution in [1.29, 1.82) is 0 Å². The molecule has 0 aliphatic carbocycles. The molecule has 0 saturated heterocycles. The SMILES string of the molecule is COc1ccccc1C(=O)Cc1nnn(C)n1. The molecule has 0 atom stereocenters. The van der Waals surface area contributed by atoms with E-state index in [2.05, 4.69) is 15.4 Å². The molecule has 1 aromatic carbocycles. The number of hydrogen-bond acceptors (Lipinski definition) is 5. The van der Waals surface area contributed by atoms with E-state index in [1.54, 1.807) is 25.2 Å². The number of carbonyl (C=O) groups excluding carboxylic acids is 1. The number of carbonyl (C=O) groups is 1. The summed E-state index contributed by atoms with van der Waals surface area (Å²) in [6, 6.07) is 7.07. The number of methoxy groups -OCH3 is 1. The second-order valence-corrected chi connectivity index (χ2v) is 3.50. The van der Waals surface area contributed by atoms with Crippen LogP contribution in [0.15, 0.2) is 24.3 Å². The van der Waals surface area contributed by atoms with Crippen molar-refractivity contribution >= 4 is 5.78 Å². The maximum Gasteiger partial charge on any atom is 0.182 e. The molecule has 0 radical (unpaired) electrons. The number of rotatable bonds is 4. The van der Waals surface area contributed by atoms with Gasteiger partial charge in [-0.05, 0) is 17.3 Å². The summed E-state index contributed by atoms with van der Waals surface area (Å²) in [4.78, 5) is 13.3. The number of aromatic nitrogens is 4. The third-order valence-corrected chi connectivity index (χ3v) is 2.28. The van der Waals surface area contributed by atoms with Crippen LogP contribution in [0.4, 0.5) is 0 Å². The molecule has 0 amide bonds. The number of para-hydroxylation sites is 1. The number of benzene rings is 1. The van der Waals surface area contributed by atoms with Crippen molar-refractivity contribution in [2.45, 2.75) is 6.42 Å². The van der Waals surface area contributed by atoms with Gasteiger partial charge in [0, 0.05) is 0 Å². The van der Waals surface area contributed by atoms with E-state index in [-0.39, 0.29) is 12.2 Å². The first-order valence-electron chi connectivity index (χ1n) is 5.10. The van der Waals surface area contributed by atoms with Gasteiger partial charge in [-0.2, -0.15) is 4.80 Å². The summed E-state index contributed by atoms with van der Waals surface area (Å²) in [5.74, 6) is 0.875. The summed E-state index contributed by atoms with van der Waals surface area (Å²) in [6.07, 6.45) is 0.119. The van der Waals surface area contributed by atoms with Gasteiger partial charge in [0.15, 0.2) is 11.6 Å². The number of Topliss-reactive ketones (excluding diaryl/α,β-unsaturated/α-hetero) is 1. The van der Waals surface area contributed by atoms with Crippen molar-refractivity contribution in [3.63, 3.8) is 0 Å². The second kappa shape index (κ2) is 4.73. The molecule has 0 aliphatic rings. The Hall–Kier alpha value is -2.24. The van der Waals surface area contributed by atoms with Crippen molar-refractivity contribution in [1.82, 2.24) is 20.2 Å². The molecule has 0 unspecified atom stereocenters. The van der Waals surface area contributed by atoms with Gasteiger partial charge in [0.05, 0.1) is 26.1 Å². The fraction of sp³-hybridized carbons (Fsp3) is 0.273. The van der Waals surface area contributed by atoms with E-state index < -0.39 is 0 Å². The maximum atomic E-state index is 12.0. The predicted molar refractivity (Wildman–Crippen MR) is 59.8 cm³/mol. The van der Waals surface area contributed by atoms with Crippen LogP contribution in [0.2, 0.25) is 0 Å². The summed E-state index contributed by atoms with van der Waals surface area (Å²) in [7, 11) is 3.19. The number of ketones is 1. The highest BCUT2D eigenvalue weighted by Gasteiger charge is 2.14. The Labute approximate surface area is 98.2 Å². The molecule has 2 aromatic rings. The fourth-order valence-electron chi connectivity index (χ4n) is 1.51. The minimum Gasteiger partial charge on any atom is -0.496 e. The van der Waals surface area contributed by atoms with Gasteiger partial charge in [-0.15, -0.1) is 10.2 Å². The zero-order chi connectivity index (χ0) is 12.3. The molecule has 88 valence electrons. The van der Waals surface area contributed by atoms with Gasteiger partial charge in [0.2, 0.25) is 0 Å². The van der Waals surface area contributed by atoms with Crippen LogP contribution in [-0.4, -0.2) is 33.1 Å². The molecule has 6 heteroatoms. The Morgan fingerprint density at radius 3 is 2.82 bits per heavy atom. The van der Waals surface area contributed by atoms with Gasteiger partial charge in [0.25, 0.3) is 0 Å². The topological polar surface area (TPSA) is 69.9 Å². The number of hydrogen-bond donors (Lipinski definition) is 0. The monoisotopic (exact) mass is 232 g/mol. The molecule has 0 bridgehead atoms. The molecular weight excluding hydrogens is 220 g/mol.